The topological polar surface area (TPSA) is 21.3 Å². The van der Waals surface area contributed by atoms with Gasteiger partial charge < -0.3 is 10.1 Å². The maximum Gasteiger partial charge on any atom is 0.0546 e. The largest absolute Gasteiger partial charge is 0.382 e. The number of halogens is 1. The van der Waals surface area contributed by atoms with Gasteiger partial charge in [-0.15, -0.1) is 0 Å². The van der Waals surface area contributed by atoms with Crippen molar-refractivity contribution >= 4 is 11.6 Å². The van der Waals surface area contributed by atoms with Gasteiger partial charge in [-0.3, -0.25) is 0 Å². The fourth-order valence-electron chi connectivity index (χ4n) is 2.24. The van der Waals surface area contributed by atoms with Crippen LogP contribution in [0, 0.1) is 5.92 Å². The predicted molar refractivity (Wildman–Crippen MR) is 82.9 cm³/mol. The van der Waals surface area contributed by atoms with Gasteiger partial charge in [-0.05, 0) is 62.9 Å². The van der Waals surface area contributed by atoms with Gasteiger partial charge in [0.05, 0.1) is 6.10 Å². The first-order valence-electron chi connectivity index (χ1n) is 7.13. The third-order valence-corrected chi connectivity index (χ3v) is 3.62. The molecule has 0 aromatic heterocycles. The summed E-state index contributed by atoms with van der Waals surface area (Å²) in [6.45, 7) is 6.45. The highest BCUT2D eigenvalue weighted by Gasteiger charge is 2.13. The van der Waals surface area contributed by atoms with E-state index in [1.54, 1.807) is 7.11 Å². The first-order chi connectivity index (χ1) is 9.15. The van der Waals surface area contributed by atoms with Crippen molar-refractivity contribution in [2.45, 2.75) is 39.2 Å². The summed E-state index contributed by atoms with van der Waals surface area (Å²) in [5.41, 5.74) is 1.34. The van der Waals surface area contributed by atoms with Crippen molar-refractivity contribution in [1.82, 2.24) is 5.32 Å². The van der Waals surface area contributed by atoms with Crippen LogP contribution in [0.2, 0.25) is 5.02 Å². The summed E-state index contributed by atoms with van der Waals surface area (Å²) in [5.74, 6) is 0.600. The maximum atomic E-state index is 5.93. The van der Waals surface area contributed by atoms with Crippen molar-refractivity contribution in [3.63, 3.8) is 0 Å². The molecule has 2 unspecified atom stereocenters. The van der Waals surface area contributed by atoms with Crippen LogP contribution in [0.5, 0.6) is 0 Å². The molecule has 19 heavy (non-hydrogen) atoms. The third-order valence-electron chi connectivity index (χ3n) is 3.37. The molecular formula is C16H26ClNO. The van der Waals surface area contributed by atoms with E-state index in [2.05, 4.69) is 31.3 Å². The van der Waals surface area contributed by atoms with E-state index in [9.17, 15) is 0 Å². The molecule has 2 atom stereocenters. The van der Waals surface area contributed by atoms with Crippen LogP contribution in [0.1, 0.15) is 32.3 Å². The van der Waals surface area contributed by atoms with Crippen LogP contribution in [0.25, 0.3) is 0 Å². The molecule has 0 aliphatic rings. The van der Waals surface area contributed by atoms with Gasteiger partial charge in [-0.25, -0.2) is 0 Å². The van der Waals surface area contributed by atoms with E-state index < -0.39 is 0 Å². The molecule has 1 N–H and O–H groups in total. The lowest BCUT2D eigenvalue weighted by Crippen LogP contribution is -2.27. The minimum atomic E-state index is 0.306. The molecule has 0 saturated carbocycles. The minimum absolute atomic E-state index is 0.306. The van der Waals surface area contributed by atoms with E-state index in [4.69, 9.17) is 16.3 Å². The summed E-state index contributed by atoms with van der Waals surface area (Å²) in [4.78, 5) is 0. The van der Waals surface area contributed by atoms with Gasteiger partial charge in [-0.2, -0.15) is 0 Å². The van der Waals surface area contributed by atoms with E-state index in [1.807, 2.05) is 12.1 Å². The van der Waals surface area contributed by atoms with Crippen molar-refractivity contribution in [3.05, 3.63) is 34.9 Å². The molecule has 0 saturated heterocycles. The number of nitrogens with one attached hydrogen (secondary N) is 1. The van der Waals surface area contributed by atoms with E-state index in [0.29, 0.717) is 12.0 Å². The number of methoxy groups -OCH3 is 1. The highest BCUT2D eigenvalue weighted by Crippen LogP contribution is 2.17. The lowest BCUT2D eigenvalue weighted by Gasteiger charge is -2.21. The lowest BCUT2D eigenvalue weighted by molar-refractivity contribution is 0.0946. The normalized spacial score (nSPS) is 14.3. The van der Waals surface area contributed by atoms with Crippen LogP contribution in [0.15, 0.2) is 24.3 Å². The van der Waals surface area contributed by atoms with Gasteiger partial charge >= 0.3 is 0 Å². The Morgan fingerprint density at radius 3 is 2.53 bits per heavy atom. The number of hydrogen-bond donors (Lipinski definition) is 1. The Kier molecular flexibility index (Phi) is 8.11. The van der Waals surface area contributed by atoms with E-state index >= 15 is 0 Å². The zero-order valence-corrected chi connectivity index (χ0v) is 13.0. The Bertz CT molecular complexity index is 339. The Morgan fingerprint density at radius 2 is 1.95 bits per heavy atom. The summed E-state index contributed by atoms with van der Waals surface area (Å²) >= 11 is 5.93. The quantitative estimate of drug-likeness (QED) is 0.694. The van der Waals surface area contributed by atoms with Crippen molar-refractivity contribution in [3.8, 4) is 0 Å². The van der Waals surface area contributed by atoms with Crippen LogP contribution in [0.3, 0.4) is 0 Å². The van der Waals surface area contributed by atoms with Crippen LogP contribution in [-0.4, -0.2) is 26.3 Å². The smallest absolute Gasteiger partial charge is 0.0546 e. The second kappa shape index (κ2) is 9.35. The fraction of sp³-hybridized carbons (Fsp3) is 0.625. The standard InChI is InChI=1S/C16H26ClNO/c1-4-9-18-12-15(10-13(2)19-3)11-14-5-7-16(17)8-6-14/h5-8,13,15,18H,4,9-12H2,1-3H3. The summed E-state index contributed by atoms with van der Waals surface area (Å²) in [5, 5.41) is 4.32. The van der Waals surface area contributed by atoms with Crippen molar-refractivity contribution in [2.75, 3.05) is 20.2 Å². The highest BCUT2D eigenvalue weighted by atomic mass is 35.5. The molecule has 1 rings (SSSR count). The number of rotatable bonds is 9. The molecule has 108 valence electrons. The molecule has 0 aliphatic carbocycles. The summed E-state index contributed by atoms with van der Waals surface area (Å²) in [6.07, 6.45) is 3.63. The van der Waals surface area contributed by atoms with Gasteiger partial charge in [0.2, 0.25) is 0 Å². The van der Waals surface area contributed by atoms with Crippen LogP contribution in [-0.2, 0) is 11.2 Å². The van der Waals surface area contributed by atoms with Crippen LogP contribution >= 0.6 is 11.6 Å². The molecule has 1 aromatic rings. The minimum Gasteiger partial charge on any atom is -0.382 e. The average Bonchev–Trinajstić information content (AvgIpc) is 2.41. The van der Waals surface area contributed by atoms with Crippen molar-refractivity contribution in [1.29, 1.82) is 0 Å². The highest BCUT2D eigenvalue weighted by molar-refractivity contribution is 6.30. The Hall–Kier alpha value is -0.570. The van der Waals surface area contributed by atoms with Gasteiger partial charge in [0.25, 0.3) is 0 Å². The second-order valence-electron chi connectivity index (χ2n) is 5.18. The molecule has 0 amide bonds. The van der Waals surface area contributed by atoms with Crippen LogP contribution < -0.4 is 5.32 Å². The SMILES string of the molecule is CCCNCC(Cc1ccc(Cl)cc1)CC(C)OC. The second-order valence-corrected chi connectivity index (χ2v) is 5.62. The Morgan fingerprint density at radius 1 is 1.26 bits per heavy atom. The Labute approximate surface area is 122 Å². The van der Waals surface area contributed by atoms with E-state index in [0.717, 1.165) is 31.0 Å². The van der Waals surface area contributed by atoms with E-state index in [1.165, 1.54) is 12.0 Å². The van der Waals surface area contributed by atoms with Gasteiger partial charge in [0, 0.05) is 12.1 Å². The summed E-state index contributed by atoms with van der Waals surface area (Å²) in [7, 11) is 1.78. The predicted octanol–water partition coefficient (Wildman–Crippen LogP) is 3.92. The molecule has 0 heterocycles. The average molecular weight is 284 g/mol. The van der Waals surface area contributed by atoms with Crippen LogP contribution in [0.4, 0.5) is 0 Å². The number of benzene rings is 1. The maximum absolute atomic E-state index is 5.93. The molecule has 0 radical (unpaired) electrons. The van der Waals surface area contributed by atoms with Crippen molar-refractivity contribution < 1.29 is 4.74 Å². The first-order valence-corrected chi connectivity index (χ1v) is 7.51. The number of hydrogen-bond acceptors (Lipinski definition) is 2. The molecular weight excluding hydrogens is 258 g/mol. The molecule has 2 nitrogen and oxygen atoms in total. The molecule has 3 heteroatoms. The van der Waals surface area contributed by atoms with Gasteiger partial charge in [0.1, 0.15) is 0 Å². The lowest BCUT2D eigenvalue weighted by atomic mass is 9.94. The zero-order valence-electron chi connectivity index (χ0n) is 12.3. The van der Waals surface area contributed by atoms with E-state index in [-0.39, 0.29) is 0 Å². The molecule has 0 bridgehead atoms. The summed E-state index contributed by atoms with van der Waals surface area (Å²) < 4.78 is 5.39. The molecule has 0 spiro atoms. The first kappa shape index (κ1) is 16.5. The molecule has 0 aliphatic heterocycles. The summed E-state index contributed by atoms with van der Waals surface area (Å²) in [6, 6.07) is 8.17. The van der Waals surface area contributed by atoms with Crippen molar-refractivity contribution in [2.24, 2.45) is 5.92 Å². The molecule has 1 aromatic carbocycles. The number of ether oxygens (including phenoxy) is 1. The molecule has 0 fully saturated rings. The van der Waals surface area contributed by atoms with Gasteiger partial charge in [0.15, 0.2) is 0 Å². The zero-order chi connectivity index (χ0) is 14.1. The Balaban J connectivity index is 2.53. The fourth-order valence-corrected chi connectivity index (χ4v) is 2.37. The third kappa shape index (κ3) is 6.95. The monoisotopic (exact) mass is 283 g/mol. The van der Waals surface area contributed by atoms with Gasteiger partial charge in [-0.1, -0.05) is 30.7 Å².